The fraction of sp³-hybridized carbons (Fsp3) is 0.429. The Kier molecular flexibility index (Phi) is 3.94. The smallest absolute Gasteiger partial charge is 0.330 e. The SMILES string of the molecule is CC1(C)O[C@@H]2[C@H](O1)[C@@H](CC1C=Cc3ccccc31)O[C@H]2n1ccc(=O)[nH]c1=O. The van der Waals surface area contributed by atoms with Gasteiger partial charge in [-0.15, -0.1) is 0 Å². The summed E-state index contributed by atoms with van der Waals surface area (Å²) >= 11 is 0. The van der Waals surface area contributed by atoms with Crippen LogP contribution < -0.4 is 11.2 Å². The standard InChI is InChI=1S/C21H22N2O5/c1-21(2)27-17-15(11-13-8-7-12-5-3-4-6-14(12)13)26-19(18(17)28-21)23-10-9-16(24)22-20(23)25/h3-10,13,15,17-19H,11H2,1-2H3,(H,22,24,25)/t13?,15-,17-,18-,19-/m1/s1. The fourth-order valence-corrected chi connectivity index (χ4v) is 4.48. The van der Waals surface area contributed by atoms with Gasteiger partial charge in [-0.25, -0.2) is 4.79 Å². The highest BCUT2D eigenvalue weighted by molar-refractivity contribution is 5.62. The third-order valence-electron chi connectivity index (χ3n) is 5.64. The topological polar surface area (TPSA) is 82.6 Å². The lowest BCUT2D eigenvalue weighted by Crippen LogP contribution is -2.37. The second-order valence-electron chi connectivity index (χ2n) is 7.98. The van der Waals surface area contributed by atoms with Crippen LogP contribution >= 0.6 is 0 Å². The molecule has 28 heavy (non-hydrogen) atoms. The van der Waals surface area contributed by atoms with Gasteiger partial charge in [0.25, 0.3) is 5.56 Å². The van der Waals surface area contributed by atoms with Crippen molar-refractivity contribution >= 4 is 6.08 Å². The first-order valence-electron chi connectivity index (χ1n) is 9.51. The molecular weight excluding hydrogens is 360 g/mol. The van der Waals surface area contributed by atoms with E-state index < -0.39 is 29.4 Å². The maximum atomic E-state index is 12.3. The molecule has 2 aromatic rings. The summed E-state index contributed by atoms with van der Waals surface area (Å²) in [4.78, 5) is 26.0. The minimum atomic E-state index is -0.759. The average molecular weight is 382 g/mol. The van der Waals surface area contributed by atoms with Crippen molar-refractivity contribution in [2.24, 2.45) is 0 Å². The molecule has 1 unspecified atom stereocenters. The second-order valence-corrected chi connectivity index (χ2v) is 7.98. The highest BCUT2D eigenvalue weighted by Crippen LogP contribution is 2.46. The number of ether oxygens (including phenoxy) is 3. The number of aromatic amines is 1. The maximum Gasteiger partial charge on any atom is 0.330 e. The normalized spacial score (nSPS) is 32.4. The Morgan fingerprint density at radius 2 is 1.89 bits per heavy atom. The van der Waals surface area contributed by atoms with Crippen molar-refractivity contribution in [3.63, 3.8) is 0 Å². The van der Waals surface area contributed by atoms with Crippen LogP contribution in [0.1, 0.15) is 43.5 Å². The van der Waals surface area contributed by atoms with E-state index in [4.69, 9.17) is 14.2 Å². The number of nitrogens with one attached hydrogen (secondary N) is 1. The lowest BCUT2D eigenvalue weighted by molar-refractivity contribution is -0.198. The number of H-pyrrole nitrogens is 1. The van der Waals surface area contributed by atoms with E-state index in [2.05, 4.69) is 29.3 Å². The molecule has 0 amide bonds. The van der Waals surface area contributed by atoms with Crippen LogP contribution in [0.3, 0.4) is 0 Å². The third kappa shape index (κ3) is 2.87. The van der Waals surface area contributed by atoms with Crippen LogP contribution in [0.4, 0.5) is 0 Å². The van der Waals surface area contributed by atoms with Gasteiger partial charge in [-0.05, 0) is 31.4 Å². The number of rotatable bonds is 3. The van der Waals surface area contributed by atoms with Crippen LogP contribution in [-0.4, -0.2) is 33.7 Å². The van der Waals surface area contributed by atoms with Gasteiger partial charge in [0.2, 0.25) is 0 Å². The zero-order valence-corrected chi connectivity index (χ0v) is 15.7. The van der Waals surface area contributed by atoms with Crippen molar-refractivity contribution in [1.82, 2.24) is 9.55 Å². The van der Waals surface area contributed by atoms with Crippen LogP contribution in [-0.2, 0) is 14.2 Å². The van der Waals surface area contributed by atoms with E-state index in [9.17, 15) is 9.59 Å². The Morgan fingerprint density at radius 3 is 2.71 bits per heavy atom. The molecule has 0 saturated carbocycles. The van der Waals surface area contributed by atoms with Gasteiger partial charge in [0, 0.05) is 18.2 Å². The average Bonchev–Trinajstić information content (AvgIpc) is 3.28. The van der Waals surface area contributed by atoms with Crippen LogP contribution in [0.5, 0.6) is 0 Å². The van der Waals surface area contributed by atoms with Crippen LogP contribution in [0.2, 0.25) is 0 Å². The van der Waals surface area contributed by atoms with E-state index in [-0.39, 0.29) is 18.1 Å². The van der Waals surface area contributed by atoms with Crippen LogP contribution in [0.25, 0.3) is 6.08 Å². The van der Waals surface area contributed by atoms with Gasteiger partial charge in [-0.3, -0.25) is 14.3 Å². The van der Waals surface area contributed by atoms with Gasteiger partial charge in [0.1, 0.15) is 12.2 Å². The first-order valence-corrected chi connectivity index (χ1v) is 9.51. The summed E-state index contributed by atoms with van der Waals surface area (Å²) in [5.74, 6) is -0.537. The molecule has 1 aliphatic carbocycles. The number of hydrogen-bond acceptors (Lipinski definition) is 5. The molecule has 2 saturated heterocycles. The summed E-state index contributed by atoms with van der Waals surface area (Å²) in [5.41, 5.74) is 1.53. The molecule has 5 rings (SSSR count). The lowest BCUT2D eigenvalue weighted by Gasteiger charge is -2.26. The Bertz CT molecular complexity index is 1050. The highest BCUT2D eigenvalue weighted by atomic mass is 16.8. The number of aromatic nitrogens is 2. The fourth-order valence-electron chi connectivity index (χ4n) is 4.48. The molecular formula is C21H22N2O5. The van der Waals surface area contributed by atoms with Gasteiger partial charge in [0.05, 0.1) is 6.10 Å². The van der Waals surface area contributed by atoms with Crippen molar-refractivity contribution in [3.05, 3.63) is 74.6 Å². The number of hydrogen-bond donors (Lipinski definition) is 1. The molecule has 0 spiro atoms. The van der Waals surface area contributed by atoms with E-state index in [1.807, 2.05) is 26.0 Å². The third-order valence-corrected chi connectivity index (χ3v) is 5.64. The summed E-state index contributed by atoms with van der Waals surface area (Å²) in [7, 11) is 0. The van der Waals surface area contributed by atoms with E-state index in [0.717, 1.165) is 6.42 Å². The summed E-state index contributed by atoms with van der Waals surface area (Å²) in [6, 6.07) is 9.61. The molecule has 7 nitrogen and oxygen atoms in total. The summed E-state index contributed by atoms with van der Waals surface area (Å²) in [6.45, 7) is 3.72. The molecule has 3 heterocycles. The minimum Gasteiger partial charge on any atom is -0.349 e. The van der Waals surface area contributed by atoms with Crippen molar-refractivity contribution in [2.45, 2.75) is 56.5 Å². The highest BCUT2D eigenvalue weighted by Gasteiger charge is 2.56. The first kappa shape index (κ1) is 17.6. The van der Waals surface area contributed by atoms with Crippen molar-refractivity contribution in [1.29, 1.82) is 0 Å². The molecule has 1 N–H and O–H groups in total. The minimum absolute atomic E-state index is 0.222. The van der Waals surface area contributed by atoms with Gasteiger partial charge < -0.3 is 14.2 Å². The van der Waals surface area contributed by atoms with E-state index in [0.29, 0.717) is 0 Å². The van der Waals surface area contributed by atoms with Crippen LogP contribution in [0, 0.1) is 0 Å². The van der Waals surface area contributed by atoms with Gasteiger partial charge in [-0.1, -0.05) is 36.4 Å². The van der Waals surface area contributed by atoms with E-state index in [1.54, 1.807) is 0 Å². The molecule has 2 aliphatic heterocycles. The van der Waals surface area contributed by atoms with E-state index in [1.165, 1.54) is 28.0 Å². The van der Waals surface area contributed by atoms with Gasteiger partial charge >= 0.3 is 5.69 Å². The van der Waals surface area contributed by atoms with Gasteiger partial charge in [-0.2, -0.15) is 0 Å². The Hall–Kier alpha value is -2.48. The Labute approximate surface area is 161 Å². The van der Waals surface area contributed by atoms with Crippen molar-refractivity contribution < 1.29 is 14.2 Å². The van der Waals surface area contributed by atoms with E-state index >= 15 is 0 Å². The second kappa shape index (κ2) is 6.27. The lowest BCUT2D eigenvalue weighted by atomic mass is 9.93. The number of allylic oxidation sites excluding steroid dienone is 1. The van der Waals surface area contributed by atoms with Crippen molar-refractivity contribution in [3.8, 4) is 0 Å². The predicted octanol–water partition coefficient (Wildman–Crippen LogP) is 2.15. The molecule has 0 radical (unpaired) electrons. The van der Waals surface area contributed by atoms with Crippen LogP contribution in [0.15, 0.2) is 52.2 Å². The largest absolute Gasteiger partial charge is 0.349 e. The van der Waals surface area contributed by atoms with Gasteiger partial charge in [0.15, 0.2) is 12.0 Å². The number of nitrogens with zero attached hydrogens (tertiary/aromatic N) is 1. The molecule has 7 heteroatoms. The molecule has 0 bridgehead atoms. The monoisotopic (exact) mass is 382 g/mol. The molecule has 2 fully saturated rings. The zero-order chi connectivity index (χ0) is 19.5. The Morgan fingerprint density at radius 1 is 1.11 bits per heavy atom. The first-order chi connectivity index (χ1) is 13.4. The molecule has 1 aromatic carbocycles. The molecule has 1 aromatic heterocycles. The molecule has 5 atom stereocenters. The molecule has 3 aliphatic rings. The van der Waals surface area contributed by atoms with Crippen molar-refractivity contribution in [2.75, 3.05) is 0 Å². The zero-order valence-electron chi connectivity index (χ0n) is 15.7. The number of benzene rings is 1. The Balaban J connectivity index is 1.46. The summed E-state index contributed by atoms with van der Waals surface area (Å²) < 4.78 is 19.9. The quantitative estimate of drug-likeness (QED) is 0.880. The summed E-state index contributed by atoms with van der Waals surface area (Å²) in [5, 5.41) is 0. The summed E-state index contributed by atoms with van der Waals surface area (Å²) in [6.07, 6.45) is 4.88. The maximum absolute atomic E-state index is 12.3. The predicted molar refractivity (Wildman–Crippen MR) is 102 cm³/mol. The number of fused-ring (bicyclic) bond motifs is 2. The molecule has 146 valence electrons.